The van der Waals surface area contributed by atoms with Crippen molar-refractivity contribution < 1.29 is 57.5 Å². The standard InChI is InChI=1S/C12H4F12INO/c13-8(11(19,20)21,10(17,18)12(22,23)24)4-1-5(9(14,15)16)7(26-3-27)6(25)2-4/h1-3H,(H,26,27). The summed E-state index contributed by atoms with van der Waals surface area (Å²) in [6.45, 7) is 0. The van der Waals surface area contributed by atoms with Crippen LogP contribution in [-0.2, 0) is 16.6 Å². The molecule has 0 radical (unpaired) electrons. The summed E-state index contributed by atoms with van der Waals surface area (Å²) in [6, 6.07) is -1.16. The number of amides is 1. The van der Waals surface area contributed by atoms with Crippen molar-refractivity contribution in [2.24, 2.45) is 0 Å². The fraction of sp³-hybridized carbons (Fsp3) is 0.417. The van der Waals surface area contributed by atoms with Gasteiger partial charge >= 0.3 is 30.1 Å². The zero-order chi connectivity index (χ0) is 21.6. The van der Waals surface area contributed by atoms with E-state index in [4.69, 9.17) is 0 Å². The van der Waals surface area contributed by atoms with Gasteiger partial charge in [0.25, 0.3) is 0 Å². The van der Waals surface area contributed by atoms with Gasteiger partial charge in [0.1, 0.15) is 0 Å². The summed E-state index contributed by atoms with van der Waals surface area (Å²) in [7, 11) is 0. The molecule has 0 saturated heterocycles. The number of carbonyl (C=O) groups excluding carboxylic acids is 1. The third-order valence-electron chi connectivity index (χ3n) is 3.18. The first-order valence-electron chi connectivity index (χ1n) is 6.14. The highest BCUT2D eigenvalue weighted by Crippen LogP contribution is 2.59. The van der Waals surface area contributed by atoms with E-state index >= 15 is 0 Å². The Morgan fingerprint density at radius 2 is 1.30 bits per heavy atom. The van der Waals surface area contributed by atoms with Crippen molar-refractivity contribution in [2.75, 3.05) is 5.32 Å². The normalized spacial score (nSPS) is 16.0. The van der Waals surface area contributed by atoms with Gasteiger partial charge in [-0.25, -0.2) is 4.39 Å². The van der Waals surface area contributed by atoms with E-state index in [9.17, 15) is 57.5 Å². The summed E-state index contributed by atoms with van der Waals surface area (Å²) >= 11 is 0.811. The Labute approximate surface area is 155 Å². The molecule has 1 rings (SSSR count). The number of alkyl halides is 12. The summed E-state index contributed by atoms with van der Waals surface area (Å²) in [4.78, 5) is 10.3. The number of anilines is 1. The Kier molecular flexibility index (Phi) is 6.02. The lowest BCUT2D eigenvalue weighted by atomic mass is 9.86. The van der Waals surface area contributed by atoms with E-state index < -0.39 is 56.6 Å². The minimum Gasteiger partial charge on any atom is -0.327 e. The van der Waals surface area contributed by atoms with Crippen LogP contribution in [0.1, 0.15) is 11.1 Å². The summed E-state index contributed by atoms with van der Waals surface area (Å²) < 4.78 is 155. The zero-order valence-electron chi connectivity index (χ0n) is 12.1. The van der Waals surface area contributed by atoms with Gasteiger partial charge < -0.3 is 5.32 Å². The molecule has 1 aromatic rings. The number of halogens is 13. The number of benzene rings is 1. The summed E-state index contributed by atoms with van der Waals surface area (Å²) in [5.41, 5.74) is -12.7. The molecule has 1 N–H and O–H groups in total. The molecule has 2 nitrogen and oxygen atoms in total. The maximum atomic E-state index is 14.3. The summed E-state index contributed by atoms with van der Waals surface area (Å²) in [5.74, 6) is -7.12. The molecular formula is C12H4F12INO. The second kappa shape index (κ2) is 6.88. The van der Waals surface area contributed by atoms with Crippen LogP contribution in [0, 0.1) is 3.57 Å². The van der Waals surface area contributed by atoms with Gasteiger partial charge in [-0.05, 0) is 34.7 Å². The minimum atomic E-state index is -7.12. The van der Waals surface area contributed by atoms with Gasteiger partial charge in [-0.3, -0.25) is 4.79 Å². The largest absolute Gasteiger partial charge is 0.457 e. The van der Waals surface area contributed by atoms with Crippen LogP contribution in [-0.4, -0.2) is 24.7 Å². The van der Waals surface area contributed by atoms with Crippen LogP contribution in [0.3, 0.4) is 0 Å². The second-order valence-corrected chi connectivity index (χ2v) is 6.03. The Hall–Kier alpha value is -1.42. The first-order chi connectivity index (χ1) is 11.8. The van der Waals surface area contributed by atoms with E-state index in [0.29, 0.717) is 0 Å². The molecule has 1 amide bonds. The van der Waals surface area contributed by atoms with Crippen LogP contribution >= 0.6 is 22.6 Å². The lowest BCUT2D eigenvalue weighted by molar-refractivity contribution is -0.389. The Balaban J connectivity index is 3.98. The van der Waals surface area contributed by atoms with E-state index in [1.807, 2.05) is 0 Å². The molecule has 1 atom stereocenters. The number of nitrogens with one attached hydrogen (secondary N) is 1. The van der Waals surface area contributed by atoms with Crippen LogP contribution < -0.4 is 5.32 Å². The molecule has 1 aromatic carbocycles. The van der Waals surface area contributed by atoms with Gasteiger partial charge in [0.05, 0.1) is 11.3 Å². The average Bonchev–Trinajstić information content (AvgIpc) is 2.44. The first-order valence-corrected chi connectivity index (χ1v) is 7.21. The molecule has 0 aliphatic heterocycles. The minimum absolute atomic E-state index is 0.297. The molecule has 27 heavy (non-hydrogen) atoms. The fourth-order valence-corrected chi connectivity index (χ4v) is 2.73. The molecule has 154 valence electrons. The molecule has 0 fully saturated rings. The second-order valence-electron chi connectivity index (χ2n) is 4.87. The van der Waals surface area contributed by atoms with Gasteiger partial charge in [-0.15, -0.1) is 0 Å². The topological polar surface area (TPSA) is 29.1 Å². The van der Waals surface area contributed by atoms with E-state index in [1.54, 1.807) is 0 Å². The van der Waals surface area contributed by atoms with Crippen LogP contribution in [0.4, 0.5) is 58.4 Å². The third kappa shape index (κ3) is 3.91. The van der Waals surface area contributed by atoms with E-state index in [1.165, 1.54) is 5.32 Å². The maximum absolute atomic E-state index is 14.3. The van der Waals surface area contributed by atoms with Gasteiger partial charge in [-0.1, -0.05) is 0 Å². The molecular weight excluding hydrogens is 529 g/mol. The van der Waals surface area contributed by atoms with E-state index in [0.717, 1.165) is 22.6 Å². The summed E-state index contributed by atoms with van der Waals surface area (Å²) in [5, 5.41) is 1.42. The fourth-order valence-electron chi connectivity index (χ4n) is 1.95. The molecule has 1 unspecified atom stereocenters. The van der Waals surface area contributed by atoms with E-state index in [2.05, 4.69) is 0 Å². The predicted octanol–water partition coefficient (Wildman–Crippen LogP) is 5.80. The third-order valence-corrected chi connectivity index (χ3v) is 4.03. The number of hydrogen-bond acceptors (Lipinski definition) is 1. The smallest absolute Gasteiger partial charge is 0.327 e. The highest BCUT2D eigenvalue weighted by Gasteiger charge is 2.81. The molecule has 0 saturated carbocycles. The zero-order valence-corrected chi connectivity index (χ0v) is 14.2. The molecule has 0 aliphatic rings. The van der Waals surface area contributed by atoms with Gasteiger partial charge in [0.2, 0.25) is 6.41 Å². The lowest BCUT2D eigenvalue weighted by Crippen LogP contribution is -2.59. The van der Waals surface area contributed by atoms with Crippen molar-refractivity contribution in [1.82, 2.24) is 0 Å². The molecule has 0 spiro atoms. The molecule has 0 heterocycles. The molecule has 0 aromatic heterocycles. The maximum Gasteiger partial charge on any atom is 0.457 e. The van der Waals surface area contributed by atoms with Crippen LogP contribution in [0.5, 0.6) is 0 Å². The molecule has 0 aliphatic carbocycles. The van der Waals surface area contributed by atoms with Crippen molar-refractivity contribution in [2.45, 2.75) is 30.1 Å². The SMILES string of the molecule is O=CNc1c(I)cc(C(F)(C(F)(F)F)C(F)(F)C(F)(F)F)cc1C(F)(F)F. The van der Waals surface area contributed by atoms with Gasteiger partial charge in [0, 0.05) is 9.13 Å². The highest BCUT2D eigenvalue weighted by atomic mass is 127. The molecule has 0 bridgehead atoms. The average molecular weight is 533 g/mol. The number of hydrogen-bond donors (Lipinski definition) is 1. The van der Waals surface area contributed by atoms with Crippen LogP contribution in [0.25, 0.3) is 0 Å². The van der Waals surface area contributed by atoms with Crippen LogP contribution in [0.15, 0.2) is 12.1 Å². The van der Waals surface area contributed by atoms with Crippen molar-refractivity contribution in [3.63, 3.8) is 0 Å². The predicted molar refractivity (Wildman–Crippen MR) is 73.7 cm³/mol. The van der Waals surface area contributed by atoms with Gasteiger partial charge in [0.15, 0.2) is 0 Å². The van der Waals surface area contributed by atoms with Crippen LogP contribution in [0.2, 0.25) is 0 Å². The Morgan fingerprint density at radius 3 is 1.63 bits per heavy atom. The Morgan fingerprint density at radius 1 is 0.815 bits per heavy atom. The Bertz CT molecular complexity index is 723. The molecule has 15 heteroatoms. The van der Waals surface area contributed by atoms with E-state index in [-0.39, 0.29) is 12.5 Å². The van der Waals surface area contributed by atoms with Crippen molar-refractivity contribution in [1.29, 1.82) is 0 Å². The lowest BCUT2D eigenvalue weighted by Gasteiger charge is -2.36. The highest BCUT2D eigenvalue weighted by molar-refractivity contribution is 14.1. The van der Waals surface area contributed by atoms with Gasteiger partial charge in [-0.2, -0.15) is 48.3 Å². The van der Waals surface area contributed by atoms with Crippen molar-refractivity contribution in [3.05, 3.63) is 26.8 Å². The monoisotopic (exact) mass is 533 g/mol. The number of rotatable bonds is 4. The summed E-state index contributed by atoms with van der Waals surface area (Å²) in [6.07, 6.45) is -20.0. The first kappa shape index (κ1) is 23.6. The number of carbonyl (C=O) groups is 1. The van der Waals surface area contributed by atoms with Crippen molar-refractivity contribution in [3.8, 4) is 0 Å². The quantitative estimate of drug-likeness (QED) is 0.296. The van der Waals surface area contributed by atoms with Crippen molar-refractivity contribution >= 4 is 34.7 Å².